The van der Waals surface area contributed by atoms with E-state index in [9.17, 15) is 9.59 Å². The lowest BCUT2D eigenvalue weighted by Crippen LogP contribution is -2.08. The zero-order valence-corrected chi connectivity index (χ0v) is 21.4. The number of esters is 2. The van der Waals surface area contributed by atoms with Crippen LogP contribution < -0.4 is 9.47 Å². The molecule has 0 saturated carbocycles. The second-order valence-corrected chi connectivity index (χ2v) is 8.37. The van der Waals surface area contributed by atoms with Gasteiger partial charge in [-0.05, 0) is 87.2 Å². The first-order valence-corrected chi connectivity index (χ1v) is 12.1. The monoisotopic (exact) mass is 504 g/mol. The lowest BCUT2D eigenvalue weighted by atomic mass is 10.1. The average molecular weight is 505 g/mol. The minimum absolute atomic E-state index is 0.236. The summed E-state index contributed by atoms with van der Waals surface area (Å²) in [4.78, 5) is 23.7. The van der Waals surface area contributed by atoms with Crippen LogP contribution in [0.4, 0.5) is 11.4 Å². The summed E-state index contributed by atoms with van der Waals surface area (Å²) >= 11 is 0. The van der Waals surface area contributed by atoms with Crippen LogP contribution in [0, 0.1) is 6.92 Å². The van der Waals surface area contributed by atoms with Crippen molar-refractivity contribution in [1.29, 1.82) is 0 Å². The van der Waals surface area contributed by atoms with Crippen LogP contribution in [0.15, 0.2) is 77.0 Å². The highest BCUT2D eigenvalue weighted by Crippen LogP contribution is 2.22. The number of nitrogens with zero attached hydrogens (tertiary/aromatic N) is 2. The molecule has 0 aliphatic heterocycles. The van der Waals surface area contributed by atoms with E-state index >= 15 is 0 Å². The first kappa shape index (κ1) is 27.4. The van der Waals surface area contributed by atoms with Crippen LogP contribution in [0.5, 0.6) is 11.5 Å². The second kappa shape index (κ2) is 14.4. The number of methoxy groups -OCH3 is 2. The van der Waals surface area contributed by atoms with Gasteiger partial charge in [-0.3, -0.25) is 0 Å². The quantitative estimate of drug-likeness (QED) is 0.141. The molecular formula is C29H32N2O6. The number of carbonyl (C=O) groups is 2. The van der Waals surface area contributed by atoms with E-state index in [0.29, 0.717) is 19.0 Å². The van der Waals surface area contributed by atoms with Crippen LogP contribution >= 0.6 is 0 Å². The maximum absolute atomic E-state index is 11.9. The van der Waals surface area contributed by atoms with Crippen molar-refractivity contribution >= 4 is 23.3 Å². The first-order valence-electron chi connectivity index (χ1n) is 12.1. The van der Waals surface area contributed by atoms with Crippen molar-refractivity contribution in [3.63, 3.8) is 0 Å². The Morgan fingerprint density at radius 3 is 1.57 bits per heavy atom. The third-order valence-corrected chi connectivity index (χ3v) is 5.48. The van der Waals surface area contributed by atoms with Gasteiger partial charge in [0.2, 0.25) is 0 Å². The molecule has 0 aromatic heterocycles. The molecule has 8 heteroatoms. The summed E-state index contributed by atoms with van der Waals surface area (Å²) in [6.45, 7) is 3.12. The smallest absolute Gasteiger partial charge is 0.338 e. The molecule has 0 atom stereocenters. The van der Waals surface area contributed by atoms with E-state index in [4.69, 9.17) is 18.9 Å². The van der Waals surface area contributed by atoms with Gasteiger partial charge in [-0.2, -0.15) is 10.2 Å². The average Bonchev–Trinajstić information content (AvgIpc) is 2.93. The molecule has 0 fully saturated rings. The van der Waals surface area contributed by atoms with Crippen LogP contribution in [0.25, 0.3) is 0 Å². The van der Waals surface area contributed by atoms with Gasteiger partial charge in [0.1, 0.15) is 11.5 Å². The summed E-state index contributed by atoms with van der Waals surface area (Å²) in [6, 6.07) is 20.0. The van der Waals surface area contributed by atoms with Gasteiger partial charge in [0.15, 0.2) is 0 Å². The molecule has 0 saturated heterocycles. The van der Waals surface area contributed by atoms with Crippen molar-refractivity contribution in [2.45, 2.75) is 32.6 Å². The normalized spacial score (nSPS) is 10.8. The number of aryl methyl sites for hydroxylation is 1. The molecule has 0 aliphatic carbocycles. The molecule has 0 radical (unpaired) electrons. The fraction of sp³-hybridized carbons (Fsp3) is 0.310. The third kappa shape index (κ3) is 9.07. The van der Waals surface area contributed by atoms with Crippen molar-refractivity contribution < 1.29 is 28.5 Å². The second-order valence-electron chi connectivity index (χ2n) is 8.37. The lowest BCUT2D eigenvalue weighted by molar-refractivity contribution is 0.0598. The molecule has 0 spiro atoms. The predicted molar refractivity (Wildman–Crippen MR) is 140 cm³/mol. The highest BCUT2D eigenvalue weighted by atomic mass is 16.5. The molecule has 0 bridgehead atoms. The molecule has 0 heterocycles. The Kier molecular flexibility index (Phi) is 10.6. The zero-order valence-electron chi connectivity index (χ0n) is 21.4. The number of hydrogen-bond donors (Lipinski definition) is 0. The van der Waals surface area contributed by atoms with Crippen molar-refractivity contribution in [3.8, 4) is 11.5 Å². The van der Waals surface area contributed by atoms with E-state index < -0.39 is 11.9 Å². The SMILES string of the molecule is COC(=O)c1cc(OCCCCCCOc2ccc(N=Nc3ccc(C)cc3)cc2)cc(C(=O)OC)c1. The predicted octanol–water partition coefficient (Wildman–Crippen LogP) is 7.00. The Bertz CT molecular complexity index is 1160. The number of carbonyl (C=O) groups excluding carboxylic acids is 2. The van der Waals surface area contributed by atoms with Crippen molar-refractivity contribution in [2.24, 2.45) is 10.2 Å². The van der Waals surface area contributed by atoms with Crippen molar-refractivity contribution in [2.75, 3.05) is 27.4 Å². The fourth-order valence-corrected chi connectivity index (χ4v) is 3.43. The molecule has 194 valence electrons. The Labute approximate surface area is 217 Å². The van der Waals surface area contributed by atoms with Crippen LogP contribution in [0.1, 0.15) is 52.0 Å². The first-order chi connectivity index (χ1) is 18.0. The van der Waals surface area contributed by atoms with E-state index in [0.717, 1.165) is 42.8 Å². The molecule has 8 nitrogen and oxygen atoms in total. The van der Waals surface area contributed by atoms with E-state index in [2.05, 4.69) is 10.2 Å². The Balaban J connectivity index is 1.34. The van der Waals surface area contributed by atoms with Crippen LogP contribution in [0.3, 0.4) is 0 Å². The standard InChI is InChI=1S/C29H32N2O6/c1-21-8-10-24(11-9-21)30-31-25-12-14-26(15-13-25)36-16-6-4-5-7-17-37-27-19-22(28(32)34-2)18-23(20-27)29(33)35-3/h8-15,18-20H,4-7,16-17H2,1-3H3. The maximum Gasteiger partial charge on any atom is 0.338 e. The maximum atomic E-state index is 11.9. The van der Waals surface area contributed by atoms with Crippen LogP contribution in [-0.4, -0.2) is 39.4 Å². The number of unbranched alkanes of at least 4 members (excludes halogenated alkanes) is 3. The van der Waals surface area contributed by atoms with Gasteiger partial charge < -0.3 is 18.9 Å². The van der Waals surface area contributed by atoms with Gasteiger partial charge >= 0.3 is 11.9 Å². The van der Waals surface area contributed by atoms with Crippen LogP contribution in [-0.2, 0) is 9.47 Å². The highest BCUT2D eigenvalue weighted by Gasteiger charge is 2.14. The summed E-state index contributed by atoms with van der Waals surface area (Å²) in [5, 5.41) is 8.50. The van der Waals surface area contributed by atoms with Crippen molar-refractivity contribution in [1.82, 2.24) is 0 Å². The zero-order chi connectivity index (χ0) is 26.5. The fourth-order valence-electron chi connectivity index (χ4n) is 3.43. The molecule has 0 N–H and O–H groups in total. The van der Waals surface area contributed by atoms with Crippen LogP contribution in [0.2, 0.25) is 0 Å². The molecule has 0 amide bonds. The number of hydrogen-bond acceptors (Lipinski definition) is 8. The molecule has 3 aromatic rings. The van der Waals surface area contributed by atoms with Crippen molar-refractivity contribution in [3.05, 3.63) is 83.4 Å². The van der Waals surface area contributed by atoms with Gasteiger partial charge in [0.05, 0.1) is 49.9 Å². The van der Waals surface area contributed by atoms with Gasteiger partial charge in [0.25, 0.3) is 0 Å². The summed E-state index contributed by atoms with van der Waals surface area (Å²) in [5.74, 6) is 0.131. The minimum Gasteiger partial charge on any atom is -0.494 e. The topological polar surface area (TPSA) is 95.8 Å². The number of ether oxygens (including phenoxy) is 4. The Morgan fingerprint density at radius 2 is 1.08 bits per heavy atom. The molecule has 37 heavy (non-hydrogen) atoms. The summed E-state index contributed by atoms with van der Waals surface area (Å²) < 4.78 is 21.1. The summed E-state index contributed by atoms with van der Waals surface area (Å²) in [7, 11) is 2.57. The molecule has 3 rings (SSSR count). The highest BCUT2D eigenvalue weighted by molar-refractivity contribution is 5.96. The summed E-state index contributed by atoms with van der Waals surface area (Å²) in [6.07, 6.45) is 3.69. The molecule has 0 unspecified atom stereocenters. The number of azo groups is 1. The van der Waals surface area contributed by atoms with E-state index in [1.807, 2.05) is 55.5 Å². The van der Waals surface area contributed by atoms with Gasteiger partial charge in [-0.25, -0.2) is 9.59 Å². The van der Waals surface area contributed by atoms with E-state index in [1.165, 1.54) is 25.8 Å². The Morgan fingerprint density at radius 1 is 0.622 bits per heavy atom. The van der Waals surface area contributed by atoms with Gasteiger partial charge in [0, 0.05) is 0 Å². The molecular weight excluding hydrogens is 472 g/mol. The number of rotatable bonds is 13. The lowest BCUT2D eigenvalue weighted by Gasteiger charge is -2.10. The molecule has 0 aliphatic rings. The van der Waals surface area contributed by atoms with E-state index in [1.54, 1.807) is 12.1 Å². The van der Waals surface area contributed by atoms with Gasteiger partial charge in [-0.15, -0.1) is 0 Å². The summed E-state index contributed by atoms with van der Waals surface area (Å²) in [5.41, 5.74) is 3.24. The Hall–Kier alpha value is -4.20. The third-order valence-electron chi connectivity index (χ3n) is 5.48. The number of benzene rings is 3. The molecule has 3 aromatic carbocycles. The minimum atomic E-state index is -0.545. The van der Waals surface area contributed by atoms with E-state index in [-0.39, 0.29) is 11.1 Å². The van der Waals surface area contributed by atoms with Gasteiger partial charge in [-0.1, -0.05) is 17.7 Å². The largest absolute Gasteiger partial charge is 0.494 e.